The Labute approximate surface area is 199 Å². The highest BCUT2D eigenvalue weighted by molar-refractivity contribution is 5.80. The van der Waals surface area contributed by atoms with E-state index in [1.165, 1.54) is 14.2 Å². The summed E-state index contributed by atoms with van der Waals surface area (Å²) in [7, 11) is 4.54. The number of nitrogens with one attached hydrogen (secondary N) is 1. The van der Waals surface area contributed by atoms with Gasteiger partial charge in [0.05, 0.1) is 39.4 Å². The molecular formula is C23H34N2O9. The lowest BCUT2D eigenvalue weighted by molar-refractivity contribution is -0.283. The van der Waals surface area contributed by atoms with Gasteiger partial charge in [0, 0.05) is 45.0 Å². The van der Waals surface area contributed by atoms with Gasteiger partial charge in [-0.15, -0.1) is 0 Å². The second-order valence-corrected chi connectivity index (χ2v) is 7.66. The number of carbonyl (C=O) groups is 3. The molecule has 2 amide bonds. The van der Waals surface area contributed by atoms with Crippen molar-refractivity contribution in [3.05, 3.63) is 17.7 Å². The van der Waals surface area contributed by atoms with E-state index in [2.05, 4.69) is 5.32 Å². The number of carbonyl (C=O) groups excluding carboxylic acids is 2. The van der Waals surface area contributed by atoms with Crippen LogP contribution in [-0.2, 0) is 30.5 Å². The van der Waals surface area contributed by atoms with Gasteiger partial charge in [-0.05, 0) is 19.3 Å². The molecule has 0 bridgehead atoms. The Kier molecular flexibility index (Phi) is 11.4. The molecule has 0 saturated carbocycles. The van der Waals surface area contributed by atoms with Crippen molar-refractivity contribution in [3.8, 4) is 17.2 Å². The van der Waals surface area contributed by atoms with E-state index in [9.17, 15) is 14.4 Å². The Morgan fingerprint density at radius 1 is 1.12 bits per heavy atom. The zero-order chi connectivity index (χ0) is 24.9. The van der Waals surface area contributed by atoms with Gasteiger partial charge in [-0.25, -0.2) is 9.90 Å². The first-order valence-corrected chi connectivity index (χ1v) is 11.3. The molecule has 1 fully saturated rings. The Bertz CT molecular complexity index is 800. The van der Waals surface area contributed by atoms with E-state index >= 15 is 0 Å². The number of ether oxygens (including phenoxy) is 4. The smallest absolute Gasteiger partial charge is 0.303 e. The van der Waals surface area contributed by atoms with E-state index in [1.54, 1.807) is 19.2 Å². The highest BCUT2D eigenvalue weighted by Crippen LogP contribution is 2.35. The van der Waals surface area contributed by atoms with Crippen LogP contribution in [0.15, 0.2) is 12.1 Å². The molecule has 1 aromatic rings. The summed E-state index contributed by atoms with van der Waals surface area (Å²) < 4.78 is 22.4. The standard InChI is InChI=1S/C23H34N2O9/c1-24-20(26)7-6-12-32-16-13-18(30-2)17(19(14-16)31-3)15-25(21(27)9-10-22(28)29)34-23-8-4-5-11-33-23/h13-14,23H,4-12,15H2,1-3H3,(H,24,26)(H,28,29). The summed E-state index contributed by atoms with van der Waals surface area (Å²) in [6, 6.07) is 3.32. The van der Waals surface area contributed by atoms with Crippen LogP contribution in [0.3, 0.4) is 0 Å². The summed E-state index contributed by atoms with van der Waals surface area (Å²) in [5, 5.41) is 12.6. The lowest BCUT2D eigenvalue weighted by Crippen LogP contribution is -2.37. The summed E-state index contributed by atoms with van der Waals surface area (Å²) in [6.45, 7) is 0.809. The van der Waals surface area contributed by atoms with Gasteiger partial charge >= 0.3 is 5.97 Å². The lowest BCUT2D eigenvalue weighted by atomic mass is 10.1. The molecule has 1 aliphatic rings. The van der Waals surface area contributed by atoms with Crippen molar-refractivity contribution in [1.82, 2.24) is 10.4 Å². The topological polar surface area (TPSA) is 133 Å². The van der Waals surface area contributed by atoms with Crippen molar-refractivity contribution >= 4 is 17.8 Å². The van der Waals surface area contributed by atoms with Crippen LogP contribution in [0.5, 0.6) is 17.2 Å². The van der Waals surface area contributed by atoms with Crippen LogP contribution in [-0.4, -0.2) is 68.7 Å². The highest BCUT2D eigenvalue weighted by atomic mass is 16.8. The van der Waals surface area contributed by atoms with Crippen LogP contribution >= 0.6 is 0 Å². The zero-order valence-corrected chi connectivity index (χ0v) is 20.0. The third kappa shape index (κ3) is 8.71. The molecule has 0 aromatic heterocycles. The summed E-state index contributed by atoms with van der Waals surface area (Å²) in [5.41, 5.74) is 0.530. The van der Waals surface area contributed by atoms with Gasteiger partial charge in [0.2, 0.25) is 11.8 Å². The van der Waals surface area contributed by atoms with Crippen LogP contribution < -0.4 is 19.5 Å². The molecule has 11 nitrogen and oxygen atoms in total. The second-order valence-electron chi connectivity index (χ2n) is 7.66. The minimum atomic E-state index is -1.07. The van der Waals surface area contributed by atoms with Crippen molar-refractivity contribution in [2.75, 3.05) is 34.5 Å². The number of aliphatic carboxylic acids is 1. The number of methoxy groups -OCH3 is 2. The molecule has 0 spiro atoms. The maximum absolute atomic E-state index is 12.8. The Morgan fingerprint density at radius 2 is 1.82 bits per heavy atom. The number of hydrogen-bond acceptors (Lipinski definition) is 8. The number of benzene rings is 1. The van der Waals surface area contributed by atoms with Crippen LogP contribution in [0, 0.1) is 0 Å². The van der Waals surface area contributed by atoms with Crippen molar-refractivity contribution < 1.29 is 43.3 Å². The molecule has 190 valence electrons. The summed E-state index contributed by atoms with van der Waals surface area (Å²) in [4.78, 5) is 40.9. The second kappa shape index (κ2) is 14.3. The van der Waals surface area contributed by atoms with E-state index < -0.39 is 18.2 Å². The summed E-state index contributed by atoms with van der Waals surface area (Å²) in [5.74, 6) is -0.335. The number of hydroxylamine groups is 2. The molecule has 2 N–H and O–H groups in total. The van der Waals surface area contributed by atoms with Gasteiger partial charge < -0.3 is 29.4 Å². The maximum Gasteiger partial charge on any atom is 0.303 e. The summed E-state index contributed by atoms with van der Waals surface area (Å²) >= 11 is 0. The van der Waals surface area contributed by atoms with Crippen molar-refractivity contribution in [2.24, 2.45) is 0 Å². The Balaban J connectivity index is 2.19. The minimum absolute atomic E-state index is 0.0401. The van der Waals surface area contributed by atoms with Crippen LogP contribution in [0.4, 0.5) is 0 Å². The largest absolute Gasteiger partial charge is 0.496 e. The Hall–Kier alpha value is -3.05. The van der Waals surface area contributed by atoms with Crippen molar-refractivity contribution in [1.29, 1.82) is 0 Å². The van der Waals surface area contributed by atoms with Gasteiger partial charge in [0.15, 0.2) is 6.29 Å². The molecule has 0 radical (unpaired) electrons. The van der Waals surface area contributed by atoms with E-state index in [0.29, 0.717) is 55.3 Å². The molecule has 2 rings (SSSR count). The van der Waals surface area contributed by atoms with Gasteiger partial charge in [-0.1, -0.05) is 0 Å². The average Bonchev–Trinajstić information content (AvgIpc) is 2.85. The first kappa shape index (κ1) is 27.2. The monoisotopic (exact) mass is 482 g/mol. The molecule has 0 aliphatic carbocycles. The molecule has 11 heteroatoms. The van der Waals surface area contributed by atoms with Crippen LogP contribution in [0.2, 0.25) is 0 Å². The molecule has 1 unspecified atom stereocenters. The lowest BCUT2D eigenvalue weighted by Gasteiger charge is -2.30. The van der Waals surface area contributed by atoms with E-state index in [-0.39, 0.29) is 25.3 Å². The quantitative estimate of drug-likeness (QED) is 0.303. The number of carboxylic acids is 1. The normalized spacial score (nSPS) is 15.3. The third-order valence-electron chi connectivity index (χ3n) is 5.19. The summed E-state index contributed by atoms with van der Waals surface area (Å²) in [6.07, 6.45) is 2.19. The van der Waals surface area contributed by atoms with Crippen LogP contribution in [0.1, 0.15) is 50.5 Å². The molecule has 1 saturated heterocycles. The number of amides is 2. The van der Waals surface area contributed by atoms with E-state index in [0.717, 1.165) is 17.9 Å². The molecule has 1 aromatic carbocycles. The molecule has 1 heterocycles. The fourth-order valence-electron chi connectivity index (χ4n) is 3.35. The van der Waals surface area contributed by atoms with E-state index in [4.69, 9.17) is 28.9 Å². The van der Waals surface area contributed by atoms with Crippen LogP contribution in [0.25, 0.3) is 0 Å². The first-order chi connectivity index (χ1) is 16.4. The predicted molar refractivity (Wildman–Crippen MR) is 120 cm³/mol. The van der Waals surface area contributed by atoms with Crippen molar-refractivity contribution in [2.45, 2.75) is 57.8 Å². The zero-order valence-electron chi connectivity index (χ0n) is 20.0. The number of hydrogen-bond donors (Lipinski definition) is 2. The number of carboxylic acid groups (broad SMARTS) is 1. The van der Waals surface area contributed by atoms with Crippen molar-refractivity contribution in [3.63, 3.8) is 0 Å². The number of rotatable bonds is 14. The molecule has 34 heavy (non-hydrogen) atoms. The fourth-order valence-corrected chi connectivity index (χ4v) is 3.35. The SMILES string of the molecule is CNC(=O)CCCOc1cc(OC)c(CN(OC2CCCCO2)C(=O)CCC(=O)O)c(OC)c1. The fraction of sp³-hybridized carbons (Fsp3) is 0.609. The average molecular weight is 483 g/mol. The third-order valence-corrected chi connectivity index (χ3v) is 5.19. The Morgan fingerprint density at radius 3 is 2.38 bits per heavy atom. The number of nitrogens with zero attached hydrogens (tertiary/aromatic N) is 1. The van der Waals surface area contributed by atoms with E-state index in [1.807, 2.05) is 0 Å². The highest BCUT2D eigenvalue weighted by Gasteiger charge is 2.26. The molecule has 1 aliphatic heterocycles. The van der Waals surface area contributed by atoms with Gasteiger partial charge in [-0.2, -0.15) is 0 Å². The van der Waals surface area contributed by atoms with Gasteiger partial charge in [-0.3, -0.25) is 14.4 Å². The molecule has 1 atom stereocenters. The first-order valence-electron chi connectivity index (χ1n) is 11.3. The predicted octanol–water partition coefficient (Wildman–Crippen LogP) is 2.26. The van der Waals surface area contributed by atoms with Gasteiger partial charge in [0.1, 0.15) is 17.2 Å². The minimum Gasteiger partial charge on any atom is -0.496 e. The maximum atomic E-state index is 12.8. The molecular weight excluding hydrogens is 448 g/mol. The van der Waals surface area contributed by atoms with Gasteiger partial charge in [0.25, 0.3) is 0 Å².